The molecule has 0 bridgehead atoms. The summed E-state index contributed by atoms with van der Waals surface area (Å²) in [4.78, 5) is 4.23. The summed E-state index contributed by atoms with van der Waals surface area (Å²) >= 11 is 0. The first kappa shape index (κ1) is 13.7. The molecule has 1 atom stereocenters. The van der Waals surface area contributed by atoms with Crippen LogP contribution in [0.1, 0.15) is 22.8 Å². The van der Waals surface area contributed by atoms with Gasteiger partial charge in [-0.1, -0.05) is 0 Å². The molecule has 2 heterocycles. The standard InChI is InChI=1S/C12H21N7/c1-8-11(9(2)18(3)17-8)5-10(16-13)6-12-14-7-15-19(12)4/h7,10,16H,5-6,13H2,1-4H3. The van der Waals surface area contributed by atoms with E-state index in [2.05, 4.69) is 27.5 Å². The monoisotopic (exact) mass is 263 g/mol. The van der Waals surface area contributed by atoms with E-state index in [0.29, 0.717) is 0 Å². The summed E-state index contributed by atoms with van der Waals surface area (Å²) < 4.78 is 3.67. The molecule has 2 rings (SSSR count). The van der Waals surface area contributed by atoms with Gasteiger partial charge >= 0.3 is 0 Å². The highest BCUT2D eigenvalue weighted by molar-refractivity contribution is 5.25. The molecule has 1 unspecified atom stereocenters. The van der Waals surface area contributed by atoms with Crippen LogP contribution in [-0.4, -0.2) is 30.6 Å². The molecule has 2 aromatic heterocycles. The summed E-state index contributed by atoms with van der Waals surface area (Å²) in [6, 6.07) is 0.115. The number of nitrogens with two attached hydrogens (primary N) is 1. The molecule has 0 aliphatic rings. The average Bonchev–Trinajstić information content (AvgIpc) is 2.87. The zero-order chi connectivity index (χ0) is 14.0. The van der Waals surface area contributed by atoms with Gasteiger partial charge in [-0.3, -0.25) is 20.6 Å². The molecule has 3 N–H and O–H groups in total. The number of nitrogens with one attached hydrogen (secondary N) is 1. The van der Waals surface area contributed by atoms with Crippen molar-refractivity contribution in [2.24, 2.45) is 19.9 Å². The lowest BCUT2D eigenvalue weighted by molar-refractivity contribution is 0.497. The van der Waals surface area contributed by atoms with Crippen LogP contribution in [0, 0.1) is 13.8 Å². The zero-order valence-electron chi connectivity index (χ0n) is 11.9. The van der Waals surface area contributed by atoms with Crippen LogP contribution in [0.4, 0.5) is 0 Å². The second-order valence-corrected chi connectivity index (χ2v) is 4.84. The van der Waals surface area contributed by atoms with E-state index >= 15 is 0 Å². The Labute approximate surface area is 112 Å². The average molecular weight is 263 g/mol. The normalized spacial score (nSPS) is 12.9. The number of aromatic nitrogens is 5. The van der Waals surface area contributed by atoms with Crippen molar-refractivity contribution in [2.75, 3.05) is 0 Å². The second-order valence-electron chi connectivity index (χ2n) is 4.84. The molecule has 0 aromatic carbocycles. The van der Waals surface area contributed by atoms with Gasteiger partial charge in [0, 0.05) is 32.3 Å². The molecule has 0 amide bonds. The summed E-state index contributed by atoms with van der Waals surface area (Å²) in [5.41, 5.74) is 6.34. The third kappa shape index (κ3) is 2.82. The summed E-state index contributed by atoms with van der Waals surface area (Å²) in [5.74, 6) is 6.58. The van der Waals surface area contributed by atoms with Crippen LogP contribution in [0.15, 0.2) is 6.33 Å². The van der Waals surface area contributed by atoms with Crippen molar-refractivity contribution < 1.29 is 0 Å². The Hall–Kier alpha value is -1.73. The minimum atomic E-state index is 0.115. The number of hydrazine groups is 1. The maximum Gasteiger partial charge on any atom is 0.138 e. The van der Waals surface area contributed by atoms with E-state index in [0.717, 1.165) is 24.4 Å². The lowest BCUT2D eigenvalue weighted by atomic mass is 10.0. The lowest BCUT2D eigenvalue weighted by Crippen LogP contribution is -2.39. The maximum atomic E-state index is 5.66. The van der Waals surface area contributed by atoms with Gasteiger partial charge in [0.15, 0.2) is 0 Å². The van der Waals surface area contributed by atoms with Crippen LogP contribution in [-0.2, 0) is 26.9 Å². The smallest absolute Gasteiger partial charge is 0.138 e. The third-order valence-electron chi connectivity index (χ3n) is 3.58. The maximum absolute atomic E-state index is 5.66. The van der Waals surface area contributed by atoms with E-state index in [1.807, 2.05) is 25.7 Å². The molecule has 0 radical (unpaired) electrons. The van der Waals surface area contributed by atoms with Gasteiger partial charge < -0.3 is 0 Å². The molecule has 0 aliphatic carbocycles. The molecule has 0 aliphatic heterocycles. The topological polar surface area (TPSA) is 86.6 Å². The van der Waals surface area contributed by atoms with E-state index in [1.165, 1.54) is 11.3 Å². The third-order valence-corrected chi connectivity index (χ3v) is 3.58. The number of aryl methyl sites for hydroxylation is 3. The predicted octanol–water partition coefficient (Wildman–Crippen LogP) is -0.217. The SMILES string of the molecule is Cc1nn(C)c(C)c1CC(Cc1ncnn1C)NN. The first-order valence-electron chi connectivity index (χ1n) is 6.31. The molecule has 19 heavy (non-hydrogen) atoms. The van der Waals surface area contributed by atoms with Crippen LogP contribution in [0.5, 0.6) is 0 Å². The molecular formula is C12H21N7. The quantitative estimate of drug-likeness (QED) is 0.575. The van der Waals surface area contributed by atoms with Gasteiger partial charge in [0.05, 0.1) is 5.69 Å². The van der Waals surface area contributed by atoms with E-state index in [-0.39, 0.29) is 6.04 Å². The van der Waals surface area contributed by atoms with E-state index in [9.17, 15) is 0 Å². The molecule has 104 valence electrons. The fourth-order valence-electron chi connectivity index (χ4n) is 2.27. The fraction of sp³-hybridized carbons (Fsp3) is 0.583. The van der Waals surface area contributed by atoms with Crippen molar-refractivity contribution in [3.63, 3.8) is 0 Å². The second kappa shape index (κ2) is 5.50. The highest BCUT2D eigenvalue weighted by atomic mass is 15.3. The Morgan fingerprint density at radius 3 is 2.47 bits per heavy atom. The van der Waals surface area contributed by atoms with Gasteiger partial charge in [0.2, 0.25) is 0 Å². The van der Waals surface area contributed by atoms with Crippen LogP contribution in [0.3, 0.4) is 0 Å². The number of rotatable bonds is 5. The van der Waals surface area contributed by atoms with Crippen molar-refractivity contribution in [3.05, 3.63) is 29.1 Å². The zero-order valence-corrected chi connectivity index (χ0v) is 11.9. The Morgan fingerprint density at radius 2 is 2.00 bits per heavy atom. The highest BCUT2D eigenvalue weighted by Crippen LogP contribution is 2.15. The Morgan fingerprint density at radius 1 is 1.26 bits per heavy atom. The summed E-state index contributed by atoms with van der Waals surface area (Å²) in [6.45, 7) is 4.10. The van der Waals surface area contributed by atoms with Gasteiger partial charge in [-0.05, 0) is 25.8 Å². The molecule has 0 spiro atoms. The minimum absolute atomic E-state index is 0.115. The van der Waals surface area contributed by atoms with Crippen LogP contribution in [0.2, 0.25) is 0 Å². The first-order chi connectivity index (χ1) is 9.02. The van der Waals surface area contributed by atoms with Gasteiger partial charge in [0.1, 0.15) is 12.2 Å². The van der Waals surface area contributed by atoms with Gasteiger partial charge in [-0.15, -0.1) is 0 Å². The van der Waals surface area contributed by atoms with E-state index in [4.69, 9.17) is 5.84 Å². The molecule has 0 saturated carbocycles. The van der Waals surface area contributed by atoms with Crippen molar-refractivity contribution >= 4 is 0 Å². The van der Waals surface area contributed by atoms with Crippen molar-refractivity contribution in [1.29, 1.82) is 0 Å². The summed E-state index contributed by atoms with van der Waals surface area (Å²) in [6.07, 6.45) is 3.12. The lowest BCUT2D eigenvalue weighted by Gasteiger charge is -2.15. The van der Waals surface area contributed by atoms with Crippen LogP contribution in [0.25, 0.3) is 0 Å². The molecule has 7 nitrogen and oxygen atoms in total. The molecule has 7 heteroatoms. The Bertz CT molecular complexity index is 554. The van der Waals surface area contributed by atoms with Crippen molar-refractivity contribution in [1.82, 2.24) is 30.0 Å². The van der Waals surface area contributed by atoms with Crippen molar-refractivity contribution in [3.8, 4) is 0 Å². The molecule has 2 aromatic rings. The largest absolute Gasteiger partial charge is 0.272 e. The van der Waals surface area contributed by atoms with Gasteiger partial charge in [-0.2, -0.15) is 10.2 Å². The van der Waals surface area contributed by atoms with Crippen LogP contribution >= 0.6 is 0 Å². The summed E-state index contributed by atoms with van der Waals surface area (Å²) in [5, 5.41) is 8.50. The van der Waals surface area contributed by atoms with Gasteiger partial charge in [0.25, 0.3) is 0 Å². The van der Waals surface area contributed by atoms with Crippen molar-refractivity contribution in [2.45, 2.75) is 32.7 Å². The number of nitrogens with zero attached hydrogens (tertiary/aromatic N) is 5. The Kier molecular flexibility index (Phi) is 3.96. The number of hydrogen-bond acceptors (Lipinski definition) is 5. The highest BCUT2D eigenvalue weighted by Gasteiger charge is 2.17. The number of hydrogen-bond donors (Lipinski definition) is 2. The predicted molar refractivity (Wildman–Crippen MR) is 72.2 cm³/mol. The summed E-state index contributed by atoms with van der Waals surface area (Å²) in [7, 11) is 3.84. The molecule has 0 fully saturated rings. The molecular weight excluding hydrogens is 242 g/mol. The van der Waals surface area contributed by atoms with Crippen LogP contribution < -0.4 is 11.3 Å². The van der Waals surface area contributed by atoms with E-state index in [1.54, 1.807) is 11.0 Å². The fourth-order valence-corrected chi connectivity index (χ4v) is 2.27. The molecule has 0 saturated heterocycles. The van der Waals surface area contributed by atoms with E-state index < -0.39 is 0 Å². The van der Waals surface area contributed by atoms with Gasteiger partial charge in [-0.25, -0.2) is 4.98 Å². The Balaban J connectivity index is 2.13. The first-order valence-corrected chi connectivity index (χ1v) is 6.31. The minimum Gasteiger partial charge on any atom is -0.272 e.